The Labute approximate surface area is 112 Å². The first-order chi connectivity index (χ1) is 8.77. The lowest BCUT2D eigenvalue weighted by Crippen LogP contribution is -2.38. The minimum Gasteiger partial charge on any atom is -0.494 e. The van der Waals surface area contributed by atoms with E-state index in [9.17, 15) is 13.2 Å². The van der Waals surface area contributed by atoms with E-state index in [1.165, 1.54) is 19.1 Å². The minimum atomic E-state index is -3.85. The van der Waals surface area contributed by atoms with Crippen molar-refractivity contribution in [3.63, 3.8) is 0 Å². The van der Waals surface area contributed by atoms with Crippen LogP contribution in [-0.2, 0) is 14.8 Å². The third-order valence-electron chi connectivity index (χ3n) is 2.46. The van der Waals surface area contributed by atoms with Gasteiger partial charge in [-0.1, -0.05) is 0 Å². The van der Waals surface area contributed by atoms with Crippen LogP contribution in [0.15, 0.2) is 23.1 Å². The van der Waals surface area contributed by atoms with Gasteiger partial charge in [0.1, 0.15) is 11.8 Å². The van der Waals surface area contributed by atoms with Crippen LogP contribution in [-0.4, -0.2) is 32.1 Å². The van der Waals surface area contributed by atoms with Crippen LogP contribution in [0.25, 0.3) is 0 Å². The molecule has 6 nitrogen and oxygen atoms in total. The summed E-state index contributed by atoms with van der Waals surface area (Å²) in [6, 6.07) is 3.20. The van der Waals surface area contributed by atoms with Gasteiger partial charge in [0.15, 0.2) is 0 Å². The number of nitrogens with one attached hydrogen (secondary N) is 1. The maximum Gasteiger partial charge on any atom is 0.321 e. The van der Waals surface area contributed by atoms with Gasteiger partial charge in [-0.15, -0.1) is 0 Å². The molecule has 0 unspecified atom stereocenters. The molecule has 0 saturated carbocycles. The van der Waals surface area contributed by atoms with Crippen molar-refractivity contribution in [3.8, 4) is 5.75 Å². The van der Waals surface area contributed by atoms with Crippen LogP contribution < -0.4 is 9.46 Å². The molecule has 0 amide bonds. The van der Waals surface area contributed by atoms with Crippen LogP contribution in [0, 0.1) is 6.92 Å². The summed E-state index contributed by atoms with van der Waals surface area (Å²) in [5.41, 5.74) is 0.674. The molecule has 0 spiro atoms. The normalized spacial score (nSPS) is 13.0. The first kappa shape index (κ1) is 15.5. The van der Waals surface area contributed by atoms with E-state index in [0.29, 0.717) is 17.9 Å². The van der Waals surface area contributed by atoms with Gasteiger partial charge in [-0.05, 0) is 44.5 Å². The standard InChI is InChI=1S/C12H17NO5S/c1-4-18-11-6-5-10(7-8(11)2)19(16,17)13-9(3)12(14)15/h5-7,9,13H,4H2,1-3H3,(H,14,15)/t9-/m0/s1. The fraction of sp³-hybridized carbons (Fsp3) is 0.417. The number of ether oxygens (including phenoxy) is 1. The van der Waals surface area contributed by atoms with E-state index >= 15 is 0 Å². The van der Waals surface area contributed by atoms with E-state index in [2.05, 4.69) is 4.72 Å². The fourth-order valence-corrected chi connectivity index (χ4v) is 2.74. The molecule has 0 aliphatic heterocycles. The molecule has 19 heavy (non-hydrogen) atoms. The summed E-state index contributed by atoms with van der Waals surface area (Å²) in [6.45, 7) is 5.31. The number of carboxylic acids is 1. The van der Waals surface area contributed by atoms with Gasteiger partial charge in [0.25, 0.3) is 0 Å². The quantitative estimate of drug-likeness (QED) is 0.818. The smallest absolute Gasteiger partial charge is 0.321 e. The summed E-state index contributed by atoms with van der Waals surface area (Å²) in [5, 5.41) is 8.71. The van der Waals surface area contributed by atoms with Crippen molar-refractivity contribution < 1.29 is 23.1 Å². The Bertz CT molecular complexity index is 567. The molecule has 0 aromatic heterocycles. The van der Waals surface area contributed by atoms with Gasteiger partial charge < -0.3 is 9.84 Å². The Morgan fingerprint density at radius 2 is 2.11 bits per heavy atom. The van der Waals surface area contributed by atoms with Crippen molar-refractivity contribution >= 4 is 16.0 Å². The number of sulfonamides is 1. The molecular weight excluding hydrogens is 270 g/mol. The van der Waals surface area contributed by atoms with E-state index in [1.54, 1.807) is 13.0 Å². The number of aryl methyl sites for hydroxylation is 1. The number of hydrogen-bond donors (Lipinski definition) is 2. The van der Waals surface area contributed by atoms with E-state index < -0.39 is 22.0 Å². The molecule has 106 valence electrons. The highest BCUT2D eigenvalue weighted by Gasteiger charge is 2.21. The molecule has 7 heteroatoms. The van der Waals surface area contributed by atoms with Crippen LogP contribution in [0.2, 0.25) is 0 Å². The lowest BCUT2D eigenvalue weighted by Gasteiger charge is -2.12. The van der Waals surface area contributed by atoms with Crippen LogP contribution in [0.5, 0.6) is 5.75 Å². The molecule has 0 aliphatic carbocycles. The number of rotatable bonds is 6. The third-order valence-corrected chi connectivity index (χ3v) is 4.00. The third kappa shape index (κ3) is 3.93. The second kappa shape index (κ2) is 6.03. The van der Waals surface area contributed by atoms with Gasteiger partial charge in [-0.3, -0.25) is 4.79 Å². The summed E-state index contributed by atoms with van der Waals surface area (Å²) < 4.78 is 31.3. The van der Waals surface area contributed by atoms with Crippen LogP contribution in [0.3, 0.4) is 0 Å². The molecular formula is C12H17NO5S. The molecule has 0 heterocycles. The van der Waals surface area contributed by atoms with Crippen LogP contribution >= 0.6 is 0 Å². The highest BCUT2D eigenvalue weighted by Crippen LogP contribution is 2.21. The van der Waals surface area contributed by atoms with Crippen molar-refractivity contribution in [1.82, 2.24) is 4.72 Å². The predicted molar refractivity (Wildman–Crippen MR) is 69.8 cm³/mol. The highest BCUT2D eigenvalue weighted by molar-refractivity contribution is 7.89. The summed E-state index contributed by atoms with van der Waals surface area (Å²) in [5.74, 6) is -0.626. The van der Waals surface area contributed by atoms with Gasteiger partial charge in [0, 0.05) is 0 Å². The van der Waals surface area contributed by atoms with Gasteiger partial charge >= 0.3 is 5.97 Å². The zero-order valence-electron chi connectivity index (χ0n) is 11.0. The molecule has 1 rings (SSSR count). The Kier molecular flexibility index (Phi) is 4.90. The molecule has 1 aromatic carbocycles. The SMILES string of the molecule is CCOc1ccc(S(=O)(=O)N[C@@H](C)C(=O)O)cc1C. The molecule has 1 atom stereocenters. The zero-order chi connectivity index (χ0) is 14.6. The summed E-state index contributed by atoms with van der Waals surface area (Å²) in [4.78, 5) is 10.7. The Balaban J connectivity index is 3.02. The molecule has 0 radical (unpaired) electrons. The predicted octanol–water partition coefficient (Wildman–Crippen LogP) is 1.15. The van der Waals surface area contributed by atoms with Crippen molar-refractivity contribution in [2.24, 2.45) is 0 Å². The van der Waals surface area contributed by atoms with Gasteiger partial charge in [0.05, 0.1) is 11.5 Å². The molecule has 1 aromatic rings. The van der Waals surface area contributed by atoms with E-state index in [1.807, 2.05) is 6.92 Å². The molecule has 0 saturated heterocycles. The van der Waals surface area contributed by atoms with Crippen LogP contribution in [0.4, 0.5) is 0 Å². The van der Waals surface area contributed by atoms with E-state index in [4.69, 9.17) is 9.84 Å². The first-order valence-corrected chi connectivity index (χ1v) is 7.25. The fourth-order valence-electron chi connectivity index (χ4n) is 1.46. The second-order valence-corrected chi connectivity index (χ2v) is 5.76. The Morgan fingerprint density at radius 3 is 2.58 bits per heavy atom. The van der Waals surface area contributed by atoms with Gasteiger partial charge in [-0.2, -0.15) is 4.72 Å². The lowest BCUT2D eigenvalue weighted by molar-refractivity contribution is -0.138. The maximum atomic E-state index is 12.0. The monoisotopic (exact) mass is 287 g/mol. The first-order valence-electron chi connectivity index (χ1n) is 5.76. The average Bonchev–Trinajstić information content (AvgIpc) is 2.31. The van der Waals surface area contributed by atoms with E-state index in [-0.39, 0.29) is 4.90 Å². The topological polar surface area (TPSA) is 92.7 Å². The number of benzene rings is 1. The number of aliphatic carboxylic acids is 1. The largest absolute Gasteiger partial charge is 0.494 e. The summed E-state index contributed by atoms with van der Waals surface area (Å²) in [6.07, 6.45) is 0. The Morgan fingerprint density at radius 1 is 1.47 bits per heavy atom. The van der Waals surface area contributed by atoms with Crippen molar-refractivity contribution in [2.75, 3.05) is 6.61 Å². The van der Waals surface area contributed by atoms with Crippen molar-refractivity contribution in [1.29, 1.82) is 0 Å². The van der Waals surface area contributed by atoms with Crippen LogP contribution in [0.1, 0.15) is 19.4 Å². The lowest BCUT2D eigenvalue weighted by atomic mass is 10.2. The molecule has 0 bridgehead atoms. The maximum absolute atomic E-state index is 12.0. The minimum absolute atomic E-state index is 0.0153. The molecule has 0 aliphatic rings. The number of carboxylic acid groups (broad SMARTS) is 1. The highest BCUT2D eigenvalue weighted by atomic mass is 32.2. The molecule has 2 N–H and O–H groups in total. The van der Waals surface area contributed by atoms with Crippen molar-refractivity contribution in [3.05, 3.63) is 23.8 Å². The Hall–Kier alpha value is -1.60. The van der Waals surface area contributed by atoms with Crippen molar-refractivity contribution in [2.45, 2.75) is 31.7 Å². The zero-order valence-corrected chi connectivity index (χ0v) is 11.8. The van der Waals surface area contributed by atoms with E-state index in [0.717, 1.165) is 0 Å². The average molecular weight is 287 g/mol. The number of carbonyl (C=O) groups is 1. The summed E-state index contributed by atoms with van der Waals surface area (Å²) >= 11 is 0. The van der Waals surface area contributed by atoms with Gasteiger partial charge in [0.2, 0.25) is 10.0 Å². The molecule has 0 fully saturated rings. The number of hydrogen-bond acceptors (Lipinski definition) is 4. The second-order valence-electron chi connectivity index (χ2n) is 4.04. The summed E-state index contributed by atoms with van der Waals surface area (Å²) in [7, 11) is -3.85. The van der Waals surface area contributed by atoms with Gasteiger partial charge in [-0.25, -0.2) is 8.42 Å².